The maximum Gasteiger partial charge on any atom is 0.304 e. The van der Waals surface area contributed by atoms with Crippen LogP contribution in [0.2, 0.25) is 0 Å². The first-order valence-corrected chi connectivity index (χ1v) is 6.21. The van der Waals surface area contributed by atoms with E-state index in [0.717, 1.165) is 6.07 Å². The van der Waals surface area contributed by atoms with Crippen molar-refractivity contribution >= 4 is 5.97 Å². The zero-order valence-electron chi connectivity index (χ0n) is 11.7. The van der Waals surface area contributed by atoms with Crippen molar-refractivity contribution in [1.29, 1.82) is 0 Å². The molecule has 0 saturated carbocycles. The molecule has 0 amide bonds. The third-order valence-electron chi connectivity index (χ3n) is 2.99. The van der Waals surface area contributed by atoms with Gasteiger partial charge < -0.3 is 5.11 Å². The van der Waals surface area contributed by atoms with Crippen molar-refractivity contribution in [3.8, 4) is 0 Å². The Morgan fingerprint density at radius 2 is 1.70 bits per heavy atom. The summed E-state index contributed by atoms with van der Waals surface area (Å²) in [6, 6.07) is 1.31. The van der Waals surface area contributed by atoms with Gasteiger partial charge in [0.2, 0.25) is 0 Å². The van der Waals surface area contributed by atoms with Gasteiger partial charge in [0, 0.05) is 30.3 Å². The lowest BCUT2D eigenvalue weighted by Gasteiger charge is -2.35. The first kappa shape index (κ1) is 16.5. The number of hydrogen-bond acceptors (Lipinski definition) is 2. The van der Waals surface area contributed by atoms with Gasteiger partial charge in [0.15, 0.2) is 11.6 Å². The molecule has 0 aliphatic rings. The molecule has 0 radical (unpaired) electrons. The van der Waals surface area contributed by atoms with E-state index in [9.17, 15) is 18.0 Å². The van der Waals surface area contributed by atoms with E-state index in [0.29, 0.717) is 6.07 Å². The van der Waals surface area contributed by atoms with Crippen molar-refractivity contribution < 1.29 is 23.1 Å². The minimum Gasteiger partial charge on any atom is -0.481 e. The number of hydrogen-bond donors (Lipinski definition) is 1. The van der Waals surface area contributed by atoms with Crippen LogP contribution in [-0.2, 0) is 11.3 Å². The second kappa shape index (κ2) is 6.26. The summed E-state index contributed by atoms with van der Waals surface area (Å²) in [6.07, 6.45) is -0.109. The molecule has 1 rings (SSSR count). The van der Waals surface area contributed by atoms with Crippen molar-refractivity contribution in [2.45, 2.75) is 39.3 Å². The van der Waals surface area contributed by atoms with E-state index >= 15 is 0 Å². The Labute approximate surface area is 116 Å². The molecule has 6 heteroatoms. The van der Waals surface area contributed by atoms with Crippen molar-refractivity contribution in [1.82, 2.24) is 4.90 Å². The summed E-state index contributed by atoms with van der Waals surface area (Å²) in [4.78, 5) is 12.3. The van der Waals surface area contributed by atoms with Gasteiger partial charge in [-0.3, -0.25) is 9.69 Å². The minimum absolute atomic E-state index is 0.00390. The molecule has 0 saturated heterocycles. The molecule has 0 aliphatic heterocycles. The molecule has 20 heavy (non-hydrogen) atoms. The Hall–Kier alpha value is -1.56. The van der Waals surface area contributed by atoms with Gasteiger partial charge in [-0.2, -0.15) is 0 Å². The number of carboxylic acid groups (broad SMARTS) is 1. The number of benzene rings is 1. The molecular weight excluding hydrogens is 271 g/mol. The molecule has 0 unspecified atom stereocenters. The molecule has 0 aromatic heterocycles. The second-order valence-corrected chi connectivity index (χ2v) is 5.59. The van der Waals surface area contributed by atoms with E-state index in [1.54, 1.807) is 4.90 Å². The zero-order valence-corrected chi connectivity index (χ0v) is 11.7. The predicted octanol–water partition coefficient (Wildman–Crippen LogP) is 3.18. The summed E-state index contributed by atoms with van der Waals surface area (Å²) < 4.78 is 39.7. The number of nitrogens with zero attached hydrogens (tertiary/aromatic N) is 1. The highest BCUT2D eigenvalue weighted by atomic mass is 19.2. The molecule has 3 nitrogen and oxygen atoms in total. The van der Waals surface area contributed by atoms with Gasteiger partial charge in [-0.15, -0.1) is 0 Å². The zero-order chi connectivity index (χ0) is 15.5. The van der Waals surface area contributed by atoms with Crippen LogP contribution in [0.5, 0.6) is 0 Å². The lowest BCUT2D eigenvalue weighted by molar-refractivity contribution is -0.137. The average Bonchev–Trinajstić information content (AvgIpc) is 2.28. The van der Waals surface area contributed by atoms with Crippen molar-refractivity contribution in [2.24, 2.45) is 0 Å². The maximum atomic E-state index is 13.6. The molecular formula is C14H18F3NO2. The summed E-state index contributed by atoms with van der Waals surface area (Å²) in [5.41, 5.74) is -0.420. The second-order valence-electron chi connectivity index (χ2n) is 5.59. The minimum atomic E-state index is -1.24. The standard InChI is InChI=1S/C14H18F3NO2/c1-14(2,3)18(5-4-13(19)20)8-9-6-11(16)12(17)7-10(9)15/h6-7H,4-5,8H2,1-3H3,(H,19,20). The van der Waals surface area contributed by atoms with E-state index in [4.69, 9.17) is 5.11 Å². The van der Waals surface area contributed by atoms with Crippen molar-refractivity contribution in [3.63, 3.8) is 0 Å². The molecule has 0 aliphatic carbocycles. The van der Waals surface area contributed by atoms with E-state index < -0.39 is 29.0 Å². The first-order chi connectivity index (χ1) is 9.11. The van der Waals surface area contributed by atoms with Crippen LogP contribution in [0.15, 0.2) is 12.1 Å². The highest BCUT2D eigenvalue weighted by molar-refractivity contribution is 5.66. The van der Waals surface area contributed by atoms with E-state index in [-0.39, 0.29) is 25.1 Å². The molecule has 0 atom stereocenters. The molecule has 0 bridgehead atoms. The first-order valence-electron chi connectivity index (χ1n) is 6.21. The average molecular weight is 289 g/mol. The van der Waals surface area contributed by atoms with Gasteiger partial charge in [-0.25, -0.2) is 13.2 Å². The van der Waals surface area contributed by atoms with Crippen LogP contribution in [0.1, 0.15) is 32.8 Å². The van der Waals surface area contributed by atoms with E-state index in [1.165, 1.54) is 0 Å². The van der Waals surface area contributed by atoms with Crippen molar-refractivity contribution in [2.75, 3.05) is 6.54 Å². The molecule has 1 N–H and O–H groups in total. The molecule has 1 aromatic rings. The highest BCUT2D eigenvalue weighted by Crippen LogP contribution is 2.21. The molecule has 0 heterocycles. The van der Waals surface area contributed by atoms with Crippen LogP contribution in [0.3, 0.4) is 0 Å². The summed E-state index contributed by atoms with van der Waals surface area (Å²) >= 11 is 0. The summed E-state index contributed by atoms with van der Waals surface area (Å²) in [7, 11) is 0. The van der Waals surface area contributed by atoms with Gasteiger partial charge in [0.05, 0.1) is 6.42 Å². The lowest BCUT2D eigenvalue weighted by Crippen LogP contribution is -2.42. The quantitative estimate of drug-likeness (QED) is 0.846. The number of rotatable bonds is 5. The lowest BCUT2D eigenvalue weighted by atomic mass is 10.0. The summed E-state index contributed by atoms with van der Waals surface area (Å²) in [5, 5.41) is 8.72. The third-order valence-corrected chi connectivity index (χ3v) is 2.99. The van der Waals surface area contributed by atoms with Crippen LogP contribution < -0.4 is 0 Å². The van der Waals surface area contributed by atoms with Gasteiger partial charge in [-0.1, -0.05) is 0 Å². The number of halogens is 3. The number of carbonyl (C=O) groups is 1. The van der Waals surface area contributed by atoms with Crippen LogP contribution in [0.25, 0.3) is 0 Å². The van der Waals surface area contributed by atoms with E-state index in [2.05, 4.69) is 0 Å². The fraction of sp³-hybridized carbons (Fsp3) is 0.500. The fourth-order valence-corrected chi connectivity index (χ4v) is 1.77. The highest BCUT2D eigenvalue weighted by Gasteiger charge is 2.23. The predicted molar refractivity (Wildman–Crippen MR) is 68.7 cm³/mol. The molecule has 0 fully saturated rings. The van der Waals surface area contributed by atoms with Gasteiger partial charge in [0.1, 0.15) is 5.82 Å². The Morgan fingerprint density at radius 1 is 1.15 bits per heavy atom. The van der Waals surface area contributed by atoms with Gasteiger partial charge in [0.25, 0.3) is 0 Å². The number of carboxylic acids is 1. The Morgan fingerprint density at radius 3 is 2.20 bits per heavy atom. The maximum absolute atomic E-state index is 13.6. The Kier molecular flexibility index (Phi) is 5.16. The topological polar surface area (TPSA) is 40.5 Å². The summed E-state index contributed by atoms with van der Waals surface area (Å²) in [5.74, 6) is -4.16. The SMILES string of the molecule is CC(C)(C)N(CCC(=O)O)Cc1cc(F)c(F)cc1F. The van der Waals surface area contributed by atoms with Crippen LogP contribution in [0.4, 0.5) is 13.2 Å². The summed E-state index contributed by atoms with van der Waals surface area (Å²) in [6.45, 7) is 5.73. The van der Waals surface area contributed by atoms with Crippen LogP contribution in [-0.4, -0.2) is 28.1 Å². The number of aliphatic carboxylic acids is 1. The Balaban J connectivity index is 2.95. The largest absolute Gasteiger partial charge is 0.481 e. The van der Waals surface area contributed by atoms with E-state index in [1.807, 2.05) is 20.8 Å². The van der Waals surface area contributed by atoms with Crippen LogP contribution in [0, 0.1) is 17.5 Å². The normalized spacial score (nSPS) is 11.9. The third kappa shape index (κ3) is 4.52. The van der Waals surface area contributed by atoms with Gasteiger partial charge >= 0.3 is 5.97 Å². The molecule has 1 aromatic carbocycles. The Bertz CT molecular complexity index is 498. The van der Waals surface area contributed by atoms with Crippen LogP contribution >= 0.6 is 0 Å². The fourth-order valence-electron chi connectivity index (χ4n) is 1.77. The van der Waals surface area contributed by atoms with Gasteiger partial charge in [-0.05, 0) is 26.8 Å². The molecule has 0 spiro atoms. The monoisotopic (exact) mass is 289 g/mol. The van der Waals surface area contributed by atoms with Crippen molar-refractivity contribution in [3.05, 3.63) is 35.1 Å². The smallest absolute Gasteiger partial charge is 0.304 e. The molecule has 112 valence electrons.